The van der Waals surface area contributed by atoms with E-state index in [1.807, 2.05) is 0 Å². The summed E-state index contributed by atoms with van der Waals surface area (Å²) < 4.78 is 13.0. The van der Waals surface area contributed by atoms with E-state index in [2.05, 4.69) is 11.8 Å². The molecule has 82 valence electrons. The van der Waals surface area contributed by atoms with Crippen molar-refractivity contribution in [2.45, 2.75) is 13.3 Å². The standard InChI is InChI=1S/C11H8FNO3/c1-8-9(4-2-3-5-14)6-10(12)7-11(8)13(15)16/h5-7H,3H2,1H3. The van der Waals surface area contributed by atoms with E-state index in [4.69, 9.17) is 0 Å². The average Bonchev–Trinajstić information content (AvgIpc) is 2.22. The van der Waals surface area contributed by atoms with Gasteiger partial charge < -0.3 is 4.79 Å². The highest BCUT2D eigenvalue weighted by atomic mass is 19.1. The van der Waals surface area contributed by atoms with E-state index in [1.165, 1.54) is 6.92 Å². The molecule has 0 saturated heterocycles. The number of carbonyl (C=O) groups is 1. The van der Waals surface area contributed by atoms with Gasteiger partial charge in [-0.3, -0.25) is 10.1 Å². The van der Waals surface area contributed by atoms with E-state index in [9.17, 15) is 19.3 Å². The van der Waals surface area contributed by atoms with E-state index in [-0.39, 0.29) is 17.7 Å². The van der Waals surface area contributed by atoms with Crippen LogP contribution in [-0.4, -0.2) is 11.2 Å². The lowest BCUT2D eigenvalue weighted by Gasteiger charge is -2.00. The highest BCUT2D eigenvalue weighted by Gasteiger charge is 2.15. The molecule has 16 heavy (non-hydrogen) atoms. The first-order chi connectivity index (χ1) is 7.56. The van der Waals surface area contributed by atoms with Gasteiger partial charge in [-0.2, -0.15) is 0 Å². The Bertz CT molecular complexity index is 500. The summed E-state index contributed by atoms with van der Waals surface area (Å²) in [5.41, 5.74) is 0.216. The third-order valence-corrected chi connectivity index (χ3v) is 1.95. The first-order valence-electron chi connectivity index (χ1n) is 4.43. The Morgan fingerprint density at radius 1 is 1.56 bits per heavy atom. The second-order valence-corrected chi connectivity index (χ2v) is 3.03. The van der Waals surface area contributed by atoms with Crippen molar-refractivity contribution < 1.29 is 14.1 Å². The molecule has 1 aromatic rings. The molecule has 0 atom stereocenters. The summed E-state index contributed by atoms with van der Waals surface area (Å²) in [6.07, 6.45) is 0.625. The highest BCUT2D eigenvalue weighted by molar-refractivity contribution is 5.57. The number of hydrogen-bond acceptors (Lipinski definition) is 3. The van der Waals surface area contributed by atoms with E-state index in [1.54, 1.807) is 0 Å². The van der Waals surface area contributed by atoms with Gasteiger partial charge in [0.2, 0.25) is 0 Å². The molecule has 0 amide bonds. The monoisotopic (exact) mass is 221 g/mol. The van der Waals surface area contributed by atoms with Crippen molar-refractivity contribution in [2.24, 2.45) is 0 Å². The molecule has 1 rings (SSSR count). The van der Waals surface area contributed by atoms with Gasteiger partial charge in [0.15, 0.2) is 0 Å². The summed E-state index contributed by atoms with van der Waals surface area (Å²) in [5, 5.41) is 10.6. The van der Waals surface area contributed by atoms with E-state index < -0.39 is 10.7 Å². The maximum atomic E-state index is 13.0. The van der Waals surface area contributed by atoms with Crippen molar-refractivity contribution in [3.8, 4) is 11.8 Å². The van der Waals surface area contributed by atoms with E-state index in [0.29, 0.717) is 11.8 Å². The molecule has 0 saturated carbocycles. The minimum absolute atomic E-state index is 0.0176. The second-order valence-electron chi connectivity index (χ2n) is 3.03. The molecular weight excluding hydrogens is 213 g/mol. The van der Waals surface area contributed by atoms with Crippen LogP contribution in [0.2, 0.25) is 0 Å². The molecule has 0 spiro atoms. The predicted octanol–water partition coefficient (Wildman–Crippen LogP) is 1.98. The SMILES string of the molecule is Cc1c(C#CCC=O)cc(F)cc1[N+](=O)[O-]. The summed E-state index contributed by atoms with van der Waals surface area (Å²) in [6.45, 7) is 1.49. The molecule has 0 N–H and O–H groups in total. The van der Waals surface area contributed by atoms with Gasteiger partial charge >= 0.3 is 0 Å². The number of rotatable bonds is 2. The van der Waals surface area contributed by atoms with Crippen molar-refractivity contribution in [3.05, 3.63) is 39.2 Å². The molecule has 4 nitrogen and oxygen atoms in total. The lowest BCUT2D eigenvalue weighted by atomic mass is 10.1. The normalized spacial score (nSPS) is 9.12. The van der Waals surface area contributed by atoms with Crippen LogP contribution in [0.15, 0.2) is 12.1 Å². The first kappa shape index (κ1) is 11.9. The maximum Gasteiger partial charge on any atom is 0.276 e. The lowest BCUT2D eigenvalue weighted by molar-refractivity contribution is -0.385. The zero-order valence-corrected chi connectivity index (χ0v) is 8.49. The van der Waals surface area contributed by atoms with Crippen molar-refractivity contribution in [1.29, 1.82) is 0 Å². The Kier molecular flexibility index (Phi) is 3.72. The van der Waals surface area contributed by atoms with E-state index >= 15 is 0 Å². The average molecular weight is 221 g/mol. The van der Waals surface area contributed by atoms with Crippen LogP contribution in [0, 0.1) is 34.7 Å². The van der Waals surface area contributed by atoms with Gasteiger partial charge in [0.25, 0.3) is 5.69 Å². The van der Waals surface area contributed by atoms with Crippen LogP contribution in [0.25, 0.3) is 0 Å². The quantitative estimate of drug-likeness (QED) is 0.332. The molecule has 0 aliphatic rings. The van der Waals surface area contributed by atoms with Crippen LogP contribution in [0.3, 0.4) is 0 Å². The van der Waals surface area contributed by atoms with Crippen LogP contribution in [-0.2, 0) is 4.79 Å². The topological polar surface area (TPSA) is 60.2 Å². The summed E-state index contributed by atoms with van der Waals surface area (Å²) in [5.74, 6) is 4.29. The van der Waals surface area contributed by atoms with Crippen molar-refractivity contribution in [2.75, 3.05) is 0 Å². The smallest absolute Gasteiger partial charge is 0.276 e. The molecule has 0 heterocycles. The molecule has 0 fully saturated rings. The van der Waals surface area contributed by atoms with Gasteiger partial charge in [0, 0.05) is 11.1 Å². The molecule has 0 aliphatic carbocycles. The molecule has 0 aliphatic heterocycles. The van der Waals surface area contributed by atoms with Gasteiger partial charge in [-0.05, 0) is 13.0 Å². The Morgan fingerprint density at radius 2 is 2.25 bits per heavy atom. The molecule has 0 radical (unpaired) electrons. The zero-order chi connectivity index (χ0) is 12.1. The van der Waals surface area contributed by atoms with Crippen LogP contribution < -0.4 is 0 Å². The number of carbonyl (C=O) groups excluding carboxylic acids is 1. The minimum atomic E-state index is -0.715. The molecule has 1 aromatic carbocycles. The van der Waals surface area contributed by atoms with Crippen LogP contribution in [0.5, 0.6) is 0 Å². The van der Waals surface area contributed by atoms with Gasteiger partial charge in [0.05, 0.1) is 17.4 Å². The van der Waals surface area contributed by atoms with Crippen LogP contribution in [0.4, 0.5) is 10.1 Å². The fourth-order valence-corrected chi connectivity index (χ4v) is 1.17. The fourth-order valence-electron chi connectivity index (χ4n) is 1.17. The largest absolute Gasteiger partial charge is 0.302 e. The van der Waals surface area contributed by atoms with E-state index in [0.717, 1.165) is 12.1 Å². The fraction of sp³-hybridized carbons (Fsp3) is 0.182. The lowest BCUT2D eigenvalue weighted by Crippen LogP contribution is -1.96. The number of nitrogens with zero attached hydrogens (tertiary/aromatic N) is 1. The first-order valence-corrected chi connectivity index (χ1v) is 4.43. The molecule has 0 unspecified atom stereocenters. The number of aldehydes is 1. The number of nitro groups is 1. The molecule has 0 aromatic heterocycles. The number of hydrogen-bond donors (Lipinski definition) is 0. The summed E-state index contributed by atoms with van der Waals surface area (Å²) in [7, 11) is 0. The van der Waals surface area contributed by atoms with Crippen molar-refractivity contribution in [3.63, 3.8) is 0 Å². The summed E-state index contributed by atoms with van der Waals surface area (Å²) in [4.78, 5) is 20.0. The summed E-state index contributed by atoms with van der Waals surface area (Å²) in [6, 6.07) is 1.96. The second kappa shape index (κ2) is 5.03. The predicted molar refractivity (Wildman–Crippen MR) is 55.4 cm³/mol. The molecule has 0 bridgehead atoms. The summed E-state index contributed by atoms with van der Waals surface area (Å²) >= 11 is 0. The van der Waals surface area contributed by atoms with Crippen LogP contribution >= 0.6 is 0 Å². The van der Waals surface area contributed by atoms with Gasteiger partial charge in [-0.15, -0.1) is 0 Å². The molecule has 5 heteroatoms. The number of benzene rings is 1. The van der Waals surface area contributed by atoms with Crippen LogP contribution in [0.1, 0.15) is 17.5 Å². The van der Waals surface area contributed by atoms with Gasteiger partial charge in [0.1, 0.15) is 12.1 Å². The maximum absolute atomic E-state index is 13.0. The van der Waals surface area contributed by atoms with Gasteiger partial charge in [-0.1, -0.05) is 11.8 Å². The Balaban J connectivity index is 3.25. The number of halogens is 1. The zero-order valence-electron chi connectivity index (χ0n) is 8.49. The Hall–Kier alpha value is -2.22. The minimum Gasteiger partial charge on any atom is -0.302 e. The highest BCUT2D eigenvalue weighted by Crippen LogP contribution is 2.22. The Labute approximate surface area is 91.2 Å². The molecular formula is C11H8FNO3. The third kappa shape index (κ3) is 2.64. The van der Waals surface area contributed by atoms with Gasteiger partial charge in [-0.25, -0.2) is 4.39 Å². The third-order valence-electron chi connectivity index (χ3n) is 1.95. The van der Waals surface area contributed by atoms with Crippen molar-refractivity contribution in [1.82, 2.24) is 0 Å². The number of nitro benzene ring substituents is 1. The van der Waals surface area contributed by atoms with Crippen molar-refractivity contribution >= 4 is 12.0 Å². The Morgan fingerprint density at radius 3 is 2.81 bits per heavy atom.